The molecule has 0 aromatic carbocycles. The van der Waals surface area contributed by atoms with Gasteiger partial charge in [0.05, 0.1) is 6.54 Å². The van der Waals surface area contributed by atoms with Gasteiger partial charge in [-0.3, -0.25) is 19.5 Å². The summed E-state index contributed by atoms with van der Waals surface area (Å²) in [5.41, 5.74) is -0.544. The number of carbonyl (C=O) groups excluding carboxylic acids is 3. The summed E-state index contributed by atoms with van der Waals surface area (Å²) in [6.45, 7) is 1.58. The van der Waals surface area contributed by atoms with Gasteiger partial charge in [-0.05, 0) is 38.2 Å². The molecule has 0 spiro atoms. The SMILES string of the molecule is CN1C(=O)N(CC(=O)C2=CCC=N2)C(=O)C1(C)C1CC=CCC1. The second kappa shape index (κ2) is 5.76. The molecule has 3 amide bonds. The second-order valence-electron chi connectivity index (χ2n) is 6.42. The Hall–Kier alpha value is -2.24. The Morgan fingerprint density at radius 3 is 2.78 bits per heavy atom. The van der Waals surface area contributed by atoms with Crippen LogP contribution in [0, 0.1) is 5.92 Å². The van der Waals surface area contributed by atoms with Crippen molar-refractivity contribution < 1.29 is 14.4 Å². The fourth-order valence-corrected chi connectivity index (χ4v) is 3.55. The number of carbonyl (C=O) groups is 3. The molecule has 1 aliphatic carbocycles. The highest BCUT2D eigenvalue weighted by Gasteiger charge is 2.56. The predicted molar refractivity (Wildman–Crippen MR) is 86.0 cm³/mol. The number of nitrogens with zero attached hydrogens (tertiary/aromatic N) is 3. The van der Waals surface area contributed by atoms with Crippen LogP contribution in [0.2, 0.25) is 0 Å². The van der Waals surface area contributed by atoms with Gasteiger partial charge in [0.25, 0.3) is 5.91 Å². The number of allylic oxidation sites excluding steroid dienone is 3. The van der Waals surface area contributed by atoms with Crippen LogP contribution in [0.15, 0.2) is 28.9 Å². The predicted octanol–water partition coefficient (Wildman–Crippen LogP) is 1.92. The van der Waals surface area contributed by atoms with Crippen molar-refractivity contribution in [1.82, 2.24) is 9.80 Å². The van der Waals surface area contributed by atoms with Crippen LogP contribution in [0.25, 0.3) is 0 Å². The molecule has 0 N–H and O–H groups in total. The molecule has 23 heavy (non-hydrogen) atoms. The van der Waals surface area contributed by atoms with Gasteiger partial charge in [0.1, 0.15) is 11.2 Å². The van der Waals surface area contributed by atoms with Gasteiger partial charge in [-0.15, -0.1) is 0 Å². The molecule has 2 unspecified atom stereocenters. The minimum atomic E-state index is -0.880. The summed E-state index contributed by atoms with van der Waals surface area (Å²) in [6, 6.07) is -0.400. The third-order valence-electron chi connectivity index (χ3n) is 5.19. The number of ketones is 1. The lowest BCUT2D eigenvalue weighted by atomic mass is 9.77. The van der Waals surface area contributed by atoms with E-state index < -0.39 is 11.6 Å². The first kappa shape index (κ1) is 15.6. The monoisotopic (exact) mass is 315 g/mol. The van der Waals surface area contributed by atoms with Crippen molar-refractivity contribution in [2.45, 2.75) is 38.1 Å². The van der Waals surface area contributed by atoms with E-state index in [1.54, 1.807) is 19.3 Å². The van der Waals surface area contributed by atoms with E-state index in [4.69, 9.17) is 0 Å². The van der Waals surface area contributed by atoms with Crippen molar-refractivity contribution in [3.05, 3.63) is 23.9 Å². The first-order valence-corrected chi connectivity index (χ1v) is 7.97. The average molecular weight is 315 g/mol. The van der Waals surface area contributed by atoms with Gasteiger partial charge in [0.2, 0.25) is 5.78 Å². The summed E-state index contributed by atoms with van der Waals surface area (Å²) in [7, 11) is 1.65. The van der Waals surface area contributed by atoms with E-state index in [1.807, 2.05) is 6.92 Å². The first-order valence-electron chi connectivity index (χ1n) is 7.97. The number of Topliss-reactive ketones (excluding diaryl/α,β-unsaturated/α-hetero) is 1. The molecule has 1 fully saturated rings. The van der Waals surface area contributed by atoms with E-state index >= 15 is 0 Å². The highest BCUT2D eigenvalue weighted by molar-refractivity contribution is 6.11. The fraction of sp³-hybridized carbons (Fsp3) is 0.529. The third kappa shape index (κ3) is 2.42. The zero-order valence-corrected chi connectivity index (χ0v) is 13.5. The van der Waals surface area contributed by atoms with E-state index in [1.165, 1.54) is 4.90 Å². The zero-order valence-electron chi connectivity index (χ0n) is 13.5. The number of hydrogen-bond donors (Lipinski definition) is 0. The smallest absolute Gasteiger partial charge is 0.313 e. The van der Waals surface area contributed by atoms with Crippen molar-refractivity contribution >= 4 is 23.9 Å². The highest BCUT2D eigenvalue weighted by atomic mass is 16.2. The first-order chi connectivity index (χ1) is 11.0. The molecule has 1 saturated heterocycles. The Bertz CT molecular complexity index is 649. The number of aliphatic imine (C=N–C) groups is 1. The van der Waals surface area contributed by atoms with Gasteiger partial charge in [-0.25, -0.2) is 4.79 Å². The number of amides is 3. The third-order valence-corrected chi connectivity index (χ3v) is 5.19. The van der Waals surface area contributed by atoms with Crippen molar-refractivity contribution in [2.75, 3.05) is 13.6 Å². The Morgan fingerprint density at radius 2 is 2.17 bits per heavy atom. The lowest BCUT2D eigenvalue weighted by molar-refractivity contribution is -0.136. The molecule has 0 radical (unpaired) electrons. The largest absolute Gasteiger partial charge is 0.327 e. The Morgan fingerprint density at radius 1 is 1.39 bits per heavy atom. The minimum absolute atomic E-state index is 0.0813. The highest BCUT2D eigenvalue weighted by Crippen LogP contribution is 2.39. The van der Waals surface area contributed by atoms with E-state index in [0.717, 1.165) is 24.2 Å². The number of imide groups is 1. The van der Waals surface area contributed by atoms with Gasteiger partial charge in [0.15, 0.2) is 0 Å². The summed E-state index contributed by atoms with van der Waals surface area (Å²) in [5, 5.41) is 0. The molecule has 2 heterocycles. The molecule has 0 bridgehead atoms. The summed E-state index contributed by atoms with van der Waals surface area (Å²) in [5.74, 6) is -0.486. The van der Waals surface area contributed by atoms with E-state index in [-0.39, 0.29) is 24.2 Å². The Balaban J connectivity index is 1.81. The standard InChI is InChI=1S/C17H21N3O3/c1-17(12-7-4-3-5-8-12)15(22)20(16(23)19(17)2)11-14(21)13-9-6-10-18-13/h3-4,9-10,12H,5-8,11H2,1-2H3. The molecular formula is C17H21N3O3. The van der Waals surface area contributed by atoms with Crippen molar-refractivity contribution in [1.29, 1.82) is 0 Å². The lowest BCUT2D eigenvalue weighted by Gasteiger charge is -2.37. The minimum Gasteiger partial charge on any atom is -0.313 e. The van der Waals surface area contributed by atoms with E-state index in [9.17, 15) is 14.4 Å². The van der Waals surface area contributed by atoms with Crippen molar-refractivity contribution in [3.8, 4) is 0 Å². The molecule has 2 atom stereocenters. The maximum atomic E-state index is 12.9. The van der Waals surface area contributed by atoms with Crippen LogP contribution in [0.4, 0.5) is 4.79 Å². The molecule has 122 valence electrons. The lowest BCUT2D eigenvalue weighted by Crippen LogP contribution is -2.51. The number of hydrogen-bond acceptors (Lipinski definition) is 4. The van der Waals surface area contributed by atoms with Gasteiger partial charge in [-0.2, -0.15) is 0 Å². The van der Waals surface area contributed by atoms with Crippen LogP contribution < -0.4 is 0 Å². The molecule has 0 aromatic rings. The summed E-state index contributed by atoms with van der Waals surface area (Å²) < 4.78 is 0. The zero-order chi connectivity index (χ0) is 16.6. The number of urea groups is 1. The van der Waals surface area contributed by atoms with Gasteiger partial charge in [-0.1, -0.05) is 12.2 Å². The molecule has 3 aliphatic rings. The van der Waals surface area contributed by atoms with Crippen molar-refractivity contribution in [3.63, 3.8) is 0 Å². The quantitative estimate of drug-likeness (QED) is 0.588. The molecule has 0 aromatic heterocycles. The topological polar surface area (TPSA) is 70.1 Å². The van der Waals surface area contributed by atoms with Crippen molar-refractivity contribution in [2.24, 2.45) is 10.9 Å². The van der Waals surface area contributed by atoms with Gasteiger partial charge in [0, 0.05) is 19.7 Å². The molecule has 6 nitrogen and oxygen atoms in total. The molecule has 6 heteroatoms. The average Bonchev–Trinajstić information content (AvgIpc) is 3.16. The van der Waals surface area contributed by atoms with Crippen LogP contribution in [0.5, 0.6) is 0 Å². The molecule has 0 saturated carbocycles. The van der Waals surface area contributed by atoms with Crippen LogP contribution in [-0.4, -0.2) is 52.9 Å². The van der Waals surface area contributed by atoms with E-state index in [0.29, 0.717) is 12.1 Å². The molecule has 3 rings (SSSR count). The van der Waals surface area contributed by atoms with Crippen LogP contribution in [0.1, 0.15) is 32.6 Å². The Labute approximate surface area is 135 Å². The fourth-order valence-electron chi connectivity index (χ4n) is 3.55. The normalized spacial score (nSPS) is 30.3. The van der Waals surface area contributed by atoms with Crippen LogP contribution in [0.3, 0.4) is 0 Å². The maximum absolute atomic E-state index is 12.9. The maximum Gasteiger partial charge on any atom is 0.327 e. The van der Waals surface area contributed by atoms with Gasteiger partial charge < -0.3 is 4.90 Å². The van der Waals surface area contributed by atoms with Crippen LogP contribution in [-0.2, 0) is 9.59 Å². The number of rotatable bonds is 4. The molecule has 2 aliphatic heterocycles. The summed E-state index contributed by atoms with van der Waals surface area (Å²) in [6.07, 6.45) is 10.7. The molecular weight excluding hydrogens is 294 g/mol. The van der Waals surface area contributed by atoms with Gasteiger partial charge >= 0.3 is 6.03 Å². The number of likely N-dealkylation sites (N-methyl/N-ethyl adjacent to an activating group) is 1. The Kier molecular flexibility index (Phi) is 3.92. The summed E-state index contributed by atoms with van der Waals surface area (Å²) in [4.78, 5) is 44.2. The second-order valence-corrected chi connectivity index (χ2v) is 6.42. The van der Waals surface area contributed by atoms with E-state index in [2.05, 4.69) is 17.1 Å². The van der Waals surface area contributed by atoms with Crippen LogP contribution >= 0.6 is 0 Å². The summed E-state index contributed by atoms with van der Waals surface area (Å²) >= 11 is 0.